The number of carbonyl (C=O) groups excluding carboxylic acids is 1. The van der Waals surface area contributed by atoms with E-state index < -0.39 is 0 Å². The number of ketones is 1. The van der Waals surface area contributed by atoms with Gasteiger partial charge in [-0.3, -0.25) is 4.79 Å². The summed E-state index contributed by atoms with van der Waals surface area (Å²) in [7, 11) is 0. The van der Waals surface area contributed by atoms with Crippen molar-refractivity contribution in [2.45, 2.75) is 18.9 Å². The van der Waals surface area contributed by atoms with E-state index in [1.807, 2.05) is 50.2 Å². The normalized spacial score (nSPS) is 10.7. The Morgan fingerprint density at radius 2 is 2.04 bits per heavy atom. The Kier molecular flexibility index (Phi) is 4.52. The molecule has 0 bridgehead atoms. The Morgan fingerprint density at radius 1 is 1.17 bits per heavy atom. The van der Waals surface area contributed by atoms with Crippen LogP contribution >= 0.6 is 11.8 Å². The molecule has 0 aliphatic rings. The molecule has 0 N–H and O–H groups in total. The van der Waals surface area contributed by atoms with Crippen LogP contribution in [0.15, 0.2) is 53.8 Å². The van der Waals surface area contributed by atoms with Gasteiger partial charge in [-0.05, 0) is 37.6 Å². The first kappa shape index (κ1) is 15.4. The second kappa shape index (κ2) is 6.75. The van der Waals surface area contributed by atoms with Crippen LogP contribution in [0.2, 0.25) is 0 Å². The average molecular weight is 324 g/mol. The molecule has 2 heterocycles. The molecule has 3 aromatic rings. The van der Waals surface area contributed by atoms with Gasteiger partial charge in [0, 0.05) is 18.0 Å². The summed E-state index contributed by atoms with van der Waals surface area (Å²) in [5.41, 5.74) is 2.94. The molecule has 0 amide bonds. The minimum atomic E-state index is 0.102. The number of hydrogen-bond donors (Lipinski definition) is 0. The van der Waals surface area contributed by atoms with Gasteiger partial charge in [-0.25, -0.2) is 4.68 Å². The van der Waals surface area contributed by atoms with Crippen molar-refractivity contribution >= 4 is 17.5 Å². The first-order chi connectivity index (χ1) is 11.1. The summed E-state index contributed by atoms with van der Waals surface area (Å²) < 4.78 is 1.64. The van der Waals surface area contributed by atoms with Crippen LogP contribution < -0.4 is 0 Å². The van der Waals surface area contributed by atoms with E-state index in [1.165, 1.54) is 11.8 Å². The minimum Gasteiger partial charge on any atom is -0.293 e. The summed E-state index contributed by atoms with van der Waals surface area (Å²) in [6.45, 7) is 3.98. The van der Waals surface area contributed by atoms with E-state index in [2.05, 4.69) is 15.3 Å². The van der Waals surface area contributed by atoms with Gasteiger partial charge in [0.15, 0.2) is 11.6 Å². The molecular formula is C17H16N4OS. The lowest BCUT2D eigenvalue weighted by molar-refractivity contribution is 0.102. The molecule has 0 spiro atoms. The summed E-state index contributed by atoms with van der Waals surface area (Å²) in [6, 6.07) is 11.4. The highest BCUT2D eigenvalue weighted by Gasteiger charge is 2.10. The Labute approximate surface area is 138 Å². The van der Waals surface area contributed by atoms with Crippen molar-refractivity contribution in [2.75, 3.05) is 5.75 Å². The molecule has 0 unspecified atom stereocenters. The average Bonchev–Trinajstić information content (AvgIpc) is 3.07. The third kappa shape index (κ3) is 3.65. The predicted octanol–water partition coefficient (Wildman–Crippen LogP) is 3.25. The van der Waals surface area contributed by atoms with Gasteiger partial charge in [0.05, 0.1) is 5.75 Å². The Bertz CT molecular complexity index is 813. The van der Waals surface area contributed by atoms with Gasteiger partial charge in [-0.15, -0.1) is 10.2 Å². The van der Waals surface area contributed by atoms with Gasteiger partial charge >= 0.3 is 0 Å². The summed E-state index contributed by atoms with van der Waals surface area (Å²) in [5, 5.41) is 13.1. The standard InChI is InChI=1S/C17H16N4OS/c1-12-4-5-14(13(2)10-12)15(22)11-23-17-7-6-16(19-20-17)21-9-3-8-18-21/h3-10H,11H2,1-2H3. The van der Waals surface area contributed by atoms with Crippen LogP contribution in [-0.2, 0) is 0 Å². The zero-order valence-corrected chi connectivity index (χ0v) is 13.7. The molecule has 0 fully saturated rings. The van der Waals surface area contributed by atoms with Crippen LogP contribution in [-0.4, -0.2) is 31.5 Å². The van der Waals surface area contributed by atoms with E-state index in [9.17, 15) is 4.79 Å². The summed E-state index contributed by atoms with van der Waals surface area (Å²) in [5.74, 6) is 1.10. The molecule has 0 radical (unpaired) electrons. The molecule has 2 aromatic heterocycles. The molecule has 6 heteroatoms. The van der Waals surface area contributed by atoms with E-state index >= 15 is 0 Å². The second-order valence-corrected chi connectivity index (χ2v) is 6.21. The highest BCUT2D eigenvalue weighted by atomic mass is 32.2. The van der Waals surface area contributed by atoms with Gasteiger partial charge in [-0.2, -0.15) is 5.10 Å². The third-order valence-electron chi connectivity index (χ3n) is 3.40. The first-order valence-corrected chi connectivity index (χ1v) is 8.19. The molecule has 0 aliphatic carbocycles. The van der Waals surface area contributed by atoms with Crippen molar-refractivity contribution < 1.29 is 4.79 Å². The molecule has 0 saturated heterocycles. The van der Waals surface area contributed by atoms with Crippen molar-refractivity contribution in [3.63, 3.8) is 0 Å². The zero-order valence-electron chi connectivity index (χ0n) is 12.9. The monoisotopic (exact) mass is 324 g/mol. The molecule has 0 saturated carbocycles. The number of aromatic nitrogens is 4. The number of aryl methyl sites for hydroxylation is 2. The number of rotatable bonds is 5. The molecule has 5 nitrogen and oxygen atoms in total. The van der Waals surface area contributed by atoms with Crippen LogP contribution in [0, 0.1) is 13.8 Å². The zero-order chi connectivity index (χ0) is 16.2. The summed E-state index contributed by atoms with van der Waals surface area (Å²) in [6.07, 6.45) is 3.49. The number of hydrogen-bond acceptors (Lipinski definition) is 5. The van der Waals surface area contributed by atoms with E-state index in [0.717, 1.165) is 21.7 Å². The fourth-order valence-electron chi connectivity index (χ4n) is 2.26. The largest absolute Gasteiger partial charge is 0.293 e. The smallest absolute Gasteiger partial charge is 0.175 e. The number of thioether (sulfide) groups is 1. The van der Waals surface area contributed by atoms with Crippen molar-refractivity contribution in [1.82, 2.24) is 20.0 Å². The highest BCUT2D eigenvalue weighted by molar-refractivity contribution is 7.99. The van der Waals surface area contributed by atoms with Crippen LogP contribution in [0.5, 0.6) is 0 Å². The number of Topliss-reactive ketones (excluding diaryl/α,β-unsaturated/α-hetero) is 1. The quantitative estimate of drug-likeness (QED) is 0.532. The van der Waals surface area contributed by atoms with Crippen molar-refractivity contribution in [3.8, 4) is 5.82 Å². The van der Waals surface area contributed by atoms with Gasteiger partial charge in [0.2, 0.25) is 0 Å². The SMILES string of the molecule is Cc1ccc(C(=O)CSc2ccc(-n3cccn3)nn2)c(C)c1. The van der Waals surface area contributed by atoms with E-state index in [4.69, 9.17) is 0 Å². The predicted molar refractivity (Wildman–Crippen MR) is 90.1 cm³/mol. The van der Waals surface area contributed by atoms with Gasteiger partial charge in [0.1, 0.15) is 5.03 Å². The van der Waals surface area contributed by atoms with Gasteiger partial charge in [0.25, 0.3) is 0 Å². The first-order valence-electron chi connectivity index (χ1n) is 7.20. The maximum atomic E-state index is 12.3. The fraction of sp³-hybridized carbons (Fsp3) is 0.176. The fourth-order valence-corrected chi connectivity index (χ4v) is 2.96. The molecule has 0 atom stereocenters. The number of benzene rings is 1. The minimum absolute atomic E-state index is 0.102. The Hall–Kier alpha value is -2.47. The van der Waals surface area contributed by atoms with Crippen LogP contribution in [0.1, 0.15) is 21.5 Å². The molecule has 23 heavy (non-hydrogen) atoms. The van der Waals surface area contributed by atoms with Crippen LogP contribution in [0.4, 0.5) is 0 Å². The topological polar surface area (TPSA) is 60.7 Å². The summed E-state index contributed by atoms with van der Waals surface area (Å²) in [4.78, 5) is 12.3. The molecular weight excluding hydrogens is 308 g/mol. The summed E-state index contributed by atoms with van der Waals surface area (Å²) >= 11 is 1.39. The van der Waals surface area contributed by atoms with Gasteiger partial charge in [-0.1, -0.05) is 35.5 Å². The van der Waals surface area contributed by atoms with Crippen molar-refractivity contribution in [2.24, 2.45) is 0 Å². The number of nitrogens with zero attached hydrogens (tertiary/aromatic N) is 4. The number of carbonyl (C=O) groups is 1. The van der Waals surface area contributed by atoms with E-state index in [-0.39, 0.29) is 5.78 Å². The van der Waals surface area contributed by atoms with Crippen LogP contribution in [0.25, 0.3) is 5.82 Å². The van der Waals surface area contributed by atoms with Crippen molar-refractivity contribution in [1.29, 1.82) is 0 Å². The maximum absolute atomic E-state index is 12.3. The van der Waals surface area contributed by atoms with Gasteiger partial charge < -0.3 is 0 Å². The second-order valence-electron chi connectivity index (χ2n) is 5.21. The third-order valence-corrected chi connectivity index (χ3v) is 4.32. The molecule has 0 aliphatic heterocycles. The molecule has 3 rings (SSSR count). The lowest BCUT2D eigenvalue weighted by Crippen LogP contribution is -2.06. The molecule has 1 aromatic carbocycles. The van der Waals surface area contributed by atoms with E-state index in [0.29, 0.717) is 11.6 Å². The molecule has 116 valence electrons. The van der Waals surface area contributed by atoms with Crippen LogP contribution in [0.3, 0.4) is 0 Å². The lowest BCUT2D eigenvalue weighted by Gasteiger charge is -2.06. The lowest BCUT2D eigenvalue weighted by atomic mass is 10.0. The van der Waals surface area contributed by atoms with E-state index in [1.54, 1.807) is 17.1 Å². The van der Waals surface area contributed by atoms with Crippen molar-refractivity contribution in [3.05, 3.63) is 65.5 Å². The maximum Gasteiger partial charge on any atom is 0.175 e. The Balaban J connectivity index is 1.65. The Morgan fingerprint density at radius 3 is 2.70 bits per heavy atom. The highest BCUT2D eigenvalue weighted by Crippen LogP contribution is 2.19.